The van der Waals surface area contributed by atoms with E-state index in [1.54, 1.807) is 30.3 Å². The van der Waals surface area contributed by atoms with E-state index in [9.17, 15) is 9.59 Å². The molecule has 3 N–H and O–H groups in total. The standard InChI is InChI=1S/C18H23N3O4/c1-18(2,3)15-10-14(21-25-15)11-16(23)20-13-6-4-12(5-7-13)17(24)19-8-9-22/h4-7,10,22H,8-9,11H2,1-3H3,(H,19,24)(H,20,23). The Morgan fingerprint density at radius 1 is 1.20 bits per heavy atom. The molecule has 0 aliphatic rings. The number of rotatable bonds is 6. The highest BCUT2D eigenvalue weighted by atomic mass is 16.5. The second kappa shape index (κ2) is 7.94. The highest BCUT2D eigenvalue weighted by molar-refractivity contribution is 5.96. The first-order valence-electron chi connectivity index (χ1n) is 8.04. The van der Waals surface area contributed by atoms with Crippen molar-refractivity contribution in [1.29, 1.82) is 0 Å². The van der Waals surface area contributed by atoms with E-state index in [-0.39, 0.29) is 36.8 Å². The molecule has 0 saturated carbocycles. The van der Waals surface area contributed by atoms with Crippen LogP contribution >= 0.6 is 0 Å². The van der Waals surface area contributed by atoms with Crippen LogP contribution in [0.1, 0.15) is 42.6 Å². The molecular formula is C18H23N3O4. The van der Waals surface area contributed by atoms with Crippen LogP contribution in [0.2, 0.25) is 0 Å². The lowest BCUT2D eigenvalue weighted by atomic mass is 9.93. The summed E-state index contributed by atoms with van der Waals surface area (Å²) in [6, 6.07) is 8.30. The molecule has 1 aromatic carbocycles. The first-order valence-corrected chi connectivity index (χ1v) is 8.04. The maximum Gasteiger partial charge on any atom is 0.251 e. The van der Waals surface area contributed by atoms with Crippen molar-refractivity contribution < 1.29 is 19.2 Å². The van der Waals surface area contributed by atoms with Crippen molar-refractivity contribution in [2.45, 2.75) is 32.6 Å². The molecule has 0 atom stereocenters. The largest absolute Gasteiger partial charge is 0.395 e. The van der Waals surface area contributed by atoms with Crippen LogP contribution in [0.5, 0.6) is 0 Å². The summed E-state index contributed by atoms with van der Waals surface area (Å²) < 4.78 is 5.26. The van der Waals surface area contributed by atoms with Gasteiger partial charge in [0.15, 0.2) is 0 Å². The molecule has 2 aromatic rings. The minimum atomic E-state index is -0.274. The van der Waals surface area contributed by atoms with E-state index in [1.165, 1.54) is 0 Å². The molecule has 0 unspecified atom stereocenters. The van der Waals surface area contributed by atoms with Crippen molar-refractivity contribution in [3.05, 3.63) is 47.3 Å². The summed E-state index contributed by atoms with van der Waals surface area (Å²) in [6.45, 7) is 6.12. The van der Waals surface area contributed by atoms with Gasteiger partial charge in [-0.25, -0.2) is 0 Å². The number of aliphatic hydroxyl groups is 1. The summed E-state index contributed by atoms with van der Waals surface area (Å²) in [7, 11) is 0. The zero-order valence-corrected chi connectivity index (χ0v) is 14.6. The van der Waals surface area contributed by atoms with Crippen LogP contribution in [-0.4, -0.2) is 35.2 Å². The van der Waals surface area contributed by atoms with E-state index in [0.717, 1.165) is 5.76 Å². The minimum Gasteiger partial charge on any atom is -0.395 e. The quantitative estimate of drug-likeness (QED) is 0.741. The van der Waals surface area contributed by atoms with Gasteiger partial charge in [0, 0.05) is 29.3 Å². The number of aliphatic hydroxyl groups excluding tert-OH is 1. The Bertz CT molecular complexity index is 730. The molecule has 0 radical (unpaired) electrons. The average molecular weight is 345 g/mol. The second-order valence-corrected chi connectivity index (χ2v) is 6.71. The van der Waals surface area contributed by atoms with Crippen LogP contribution in [-0.2, 0) is 16.6 Å². The van der Waals surface area contributed by atoms with Crippen LogP contribution in [0.25, 0.3) is 0 Å². The van der Waals surface area contributed by atoms with Gasteiger partial charge in [-0.1, -0.05) is 25.9 Å². The van der Waals surface area contributed by atoms with E-state index in [2.05, 4.69) is 15.8 Å². The lowest BCUT2D eigenvalue weighted by Crippen LogP contribution is -2.26. The lowest BCUT2D eigenvalue weighted by molar-refractivity contribution is -0.115. The van der Waals surface area contributed by atoms with Crippen molar-refractivity contribution in [1.82, 2.24) is 10.5 Å². The number of hydrogen-bond donors (Lipinski definition) is 3. The third-order valence-corrected chi connectivity index (χ3v) is 3.47. The fraction of sp³-hybridized carbons (Fsp3) is 0.389. The SMILES string of the molecule is CC(C)(C)c1cc(CC(=O)Nc2ccc(C(=O)NCCO)cc2)no1. The maximum absolute atomic E-state index is 12.1. The van der Waals surface area contributed by atoms with Gasteiger partial charge < -0.3 is 20.3 Å². The Kier molecular flexibility index (Phi) is 5.93. The number of anilines is 1. The topological polar surface area (TPSA) is 104 Å². The number of amides is 2. The minimum absolute atomic E-state index is 0.109. The Morgan fingerprint density at radius 2 is 1.88 bits per heavy atom. The highest BCUT2D eigenvalue weighted by Gasteiger charge is 2.20. The van der Waals surface area contributed by atoms with Crippen LogP contribution in [0.4, 0.5) is 5.69 Å². The number of benzene rings is 1. The first-order chi connectivity index (χ1) is 11.8. The third-order valence-electron chi connectivity index (χ3n) is 3.47. The Balaban J connectivity index is 1.92. The molecule has 0 aliphatic heterocycles. The molecule has 2 amide bonds. The van der Waals surface area contributed by atoms with E-state index < -0.39 is 0 Å². The van der Waals surface area contributed by atoms with Crippen molar-refractivity contribution in [3.63, 3.8) is 0 Å². The van der Waals surface area contributed by atoms with E-state index in [1.807, 2.05) is 20.8 Å². The van der Waals surface area contributed by atoms with Gasteiger partial charge in [0.05, 0.1) is 18.7 Å². The highest BCUT2D eigenvalue weighted by Crippen LogP contribution is 2.22. The number of nitrogens with one attached hydrogen (secondary N) is 2. The van der Waals surface area contributed by atoms with Crippen LogP contribution in [0, 0.1) is 0 Å². The van der Waals surface area contributed by atoms with Crippen molar-refractivity contribution in [3.8, 4) is 0 Å². The van der Waals surface area contributed by atoms with E-state index in [0.29, 0.717) is 16.9 Å². The third kappa shape index (κ3) is 5.42. The summed E-state index contributed by atoms with van der Waals surface area (Å²) in [4.78, 5) is 23.8. The maximum atomic E-state index is 12.1. The van der Waals surface area contributed by atoms with Gasteiger partial charge in [-0.15, -0.1) is 0 Å². The zero-order valence-electron chi connectivity index (χ0n) is 14.6. The van der Waals surface area contributed by atoms with Crippen LogP contribution in [0.15, 0.2) is 34.9 Å². The second-order valence-electron chi connectivity index (χ2n) is 6.71. The predicted molar refractivity (Wildman–Crippen MR) is 93.4 cm³/mol. The summed E-state index contributed by atoms with van der Waals surface area (Å²) in [6.07, 6.45) is 0.109. The van der Waals surface area contributed by atoms with Gasteiger partial charge in [0.25, 0.3) is 5.91 Å². The van der Waals surface area contributed by atoms with Gasteiger partial charge in [0.1, 0.15) is 5.76 Å². The fourth-order valence-electron chi connectivity index (χ4n) is 2.09. The van der Waals surface area contributed by atoms with Gasteiger partial charge in [0.2, 0.25) is 5.91 Å². The van der Waals surface area contributed by atoms with E-state index >= 15 is 0 Å². The fourth-order valence-corrected chi connectivity index (χ4v) is 2.09. The number of carbonyl (C=O) groups is 2. The molecule has 0 aliphatic carbocycles. The molecule has 0 fully saturated rings. The van der Waals surface area contributed by atoms with Gasteiger partial charge in [-0.05, 0) is 24.3 Å². The summed E-state index contributed by atoms with van der Waals surface area (Å²) in [5.41, 5.74) is 1.46. The van der Waals surface area contributed by atoms with Crippen molar-refractivity contribution in [2.24, 2.45) is 0 Å². The number of nitrogens with zero attached hydrogens (tertiary/aromatic N) is 1. The molecule has 0 saturated heterocycles. The molecule has 7 nitrogen and oxygen atoms in total. The Labute approximate surface area is 146 Å². The summed E-state index contributed by atoms with van der Waals surface area (Å²) in [5.74, 6) is 0.240. The lowest BCUT2D eigenvalue weighted by Gasteiger charge is -2.12. The molecule has 1 heterocycles. The average Bonchev–Trinajstić information content (AvgIpc) is 3.02. The predicted octanol–water partition coefficient (Wildman–Crippen LogP) is 1.88. The molecule has 0 bridgehead atoms. The Hall–Kier alpha value is -2.67. The van der Waals surface area contributed by atoms with Crippen LogP contribution < -0.4 is 10.6 Å². The first kappa shape index (κ1) is 18.7. The van der Waals surface area contributed by atoms with E-state index in [4.69, 9.17) is 9.63 Å². The number of aromatic nitrogens is 1. The summed E-state index contributed by atoms with van der Waals surface area (Å²) >= 11 is 0. The molecule has 0 spiro atoms. The molecule has 25 heavy (non-hydrogen) atoms. The van der Waals surface area contributed by atoms with Crippen LogP contribution in [0.3, 0.4) is 0 Å². The molecule has 7 heteroatoms. The van der Waals surface area contributed by atoms with Crippen molar-refractivity contribution >= 4 is 17.5 Å². The molecule has 134 valence electrons. The molecule has 2 rings (SSSR count). The van der Waals surface area contributed by atoms with Crippen molar-refractivity contribution in [2.75, 3.05) is 18.5 Å². The van der Waals surface area contributed by atoms with Gasteiger partial charge in [-0.2, -0.15) is 0 Å². The molecule has 1 aromatic heterocycles. The zero-order chi connectivity index (χ0) is 18.4. The number of hydrogen-bond acceptors (Lipinski definition) is 5. The Morgan fingerprint density at radius 3 is 2.44 bits per heavy atom. The monoisotopic (exact) mass is 345 g/mol. The smallest absolute Gasteiger partial charge is 0.251 e. The normalized spacial score (nSPS) is 11.2. The van der Waals surface area contributed by atoms with Gasteiger partial charge >= 0.3 is 0 Å². The summed E-state index contributed by atoms with van der Waals surface area (Å²) in [5, 5.41) is 17.9. The number of carbonyl (C=O) groups excluding carboxylic acids is 2. The van der Waals surface area contributed by atoms with Gasteiger partial charge in [-0.3, -0.25) is 9.59 Å². The molecular weight excluding hydrogens is 322 g/mol.